The van der Waals surface area contributed by atoms with Gasteiger partial charge < -0.3 is 9.73 Å². The third kappa shape index (κ3) is 5.08. The van der Waals surface area contributed by atoms with Gasteiger partial charge in [-0.2, -0.15) is 0 Å². The number of amides is 1. The van der Waals surface area contributed by atoms with Crippen LogP contribution in [0.15, 0.2) is 34.1 Å². The van der Waals surface area contributed by atoms with Crippen molar-refractivity contribution in [3.63, 3.8) is 0 Å². The Morgan fingerprint density at radius 2 is 2.10 bits per heavy atom. The van der Waals surface area contributed by atoms with E-state index in [-0.39, 0.29) is 23.8 Å². The summed E-state index contributed by atoms with van der Waals surface area (Å²) in [5.74, 6) is 0.530. The van der Waals surface area contributed by atoms with Crippen LogP contribution in [0.2, 0.25) is 0 Å². The van der Waals surface area contributed by atoms with E-state index in [1.54, 1.807) is 13.0 Å². The van der Waals surface area contributed by atoms with Crippen LogP contribution < -0.4 is 5.32 Å². The highest BCUT2D eigenvalue weighted by Crippen LogP contribution is 2.30. The standard InChI is InChI=1S/C20H23N5O4S/c1-4-9-24(12-18-22-23-20(29-18)16-6-5-10-30-16)11-17(26)21-19-14(3)13(2)7-8-15(19)25(27)28/h5-8,10H,4,9,11-12H2,1-3H3,(H,21,26). The molecule has 0 spiro atoms. The molecule has 0 unspecified atom stereocenters. The number of thiophene rings is 1. The summed E-state index contributed by atoms with van der Waals surface area (Å²) in [6, 6.07) is 6.89. The van der Waals surface area contributed by atoms with E-state index < -0.39 is 4.92 Å². The van der Waals surface area contributed by atoms with Crippen LogP contribution in [-0.2, 0) is 11.3 Å². The molecule has 0 bridgehead atoms. The molecule has 1 amide bonds. The second-order valence-corrected chi connectivity index (χ2v) is 7.84. The van der Waals surface area contributed by atoms with Crippen molar-refractivity contribution in [2.45, 2.75) is 33.7 Å². The van der Waals surface area contributed by atoms with Crippen LogP contribution in [-0.4, -0.2) is 39.0 Å². The normalized spacial score (nSPS) is 11.1. The molecule has 0 atom stereocenters. The second kappa shape index (κ2) is 9.59. The molecule has 0 fully saturated rings. The lowest BCUT2D eigenvalue weighted by Gasteiger charge is -2.19. The van der Waals surface area contributed by atoms with E-state index >= 15 is 0 Å². The number of rotatable bonds is 9. The Bertz CT molecular complexity index is 1030. The minimum Gasteiger partial charge on any atom is -0.419 e. The Balaban J connectivity index is 1.71. The second-order valence-electron chi connectivity index (χ2n) is 6.90. The number of aryl methyl sites for hydroxylation is 1. The molecule has 0 aliphatic carbocycles. The molecular weight excluding hydrogens is 406 g/mol. The summed E-state index contributed by atoms with van der Waals surface area (Å²) < 4.78 is 5.72. The molecule has 0 aliphatic heterocycles. The van der Waals surface area contributed by atoms with Crippen molar-refractivity contribution in [3.8, 4) is 10.8 Å². The van der Waals surface area contributed by atoms with Gasteiger partial charge in [0.15, 0.2) is 0 Å². The highest BCUT2D eigenvalue weighted by molar-refractivity contribution is 7.13. The van der Waals surface area contributed by atoms with Gasteiger partial charge in [-0.25, -0.2) is 0 Å². The van der Waals surface area contributed by atoms with Crippen LogP contribution in [0, 0.1) is 24.0 Å². The van der Waals surface area contributed by atoms with Crippen LogP contribution in [0.4, 0.5) is 11.4 Å². The zero-order valence-electron chi connectivity index (χ0n) is 17.0. The van der Waals surface area contributed by atoms with Crippen LogP contribution in [0.1, 0.15) is 30.4 Å². The van der Waals surface area contributed by atoms with Gasteiger partial charge >= 0.3 is 0 Å². The molecule has 2 heterocycles. The molecule has 3 rings (SSSR count). The first-order valence-corrected chi connectivity index (χ1v) is 10.4. The SMILES string of the molecule is CCCN(CC(=O)Nc1c([N+](=O)[O-])ccc(C)c1C)Cc1nnc(-c2cccs2)o1. The summed E-state index contributed by atoms with van der Waals surface area (Å²) >= 11 is 1.51. The summed E-state index contributed by atoms with van der Waals surface area (Å²) in [4.78, 5) is 26.3. The first-order chi connectivity index (χ1) is 14.4. The third-order valence-electron chi connectivity index (χ3n) is 4.64. The number of hydrogen-bond donors (Lipinski definition) is 1. The monoisotopic (exact) mass is 429 g/mol. The van der Waals surface area contributed by atoms with E-state index in [0.717, 1.165) is 16.9 Å². The van der Waals surface area contributed by atoms with Crippen LogP contribution in [0.25, 0.3) is 10.8 Å². The number of hydrogen-bond acceptors (Lipinski definition) is 8. The van der Waals surface area contributed by atoms with Crippen molar-refractivity contribution >= 4 is 28.6 Å². The maximum absolute atomic E-state index is 12.7. The zero-order valence-corrected chi connectivity index (χ0v) is 17.9. The van der Waals surface area contributed by atoms with Crippen LogP contribution >= 0.6 is 11.3 Å². The number of nitro groups is 1. The number of aromatic nitrogens is 2. The number of nitrogens with one attached hydrogen (secondary N) is 1. The van der Waals surface area contributed by atoms with Crippen LogP contribution in [0.5, 0.6) is 0 Å². The summed E-state index contributed by atoms with van der Waals surface area (Å²) in [6.45, 7) is 6.61. The Hall–Kier alpha value is -3.11. The molecule has 1 N–H and O–H groups in total. The molecule has 1 aromatic carbocycles. The zero-order chi connectivity index (χ0) is 21.7. The molecule has 0 saturated carbocycles. The molecule has 158 valence electrons. The van der Waals surface area contributed by atoms with Gasteiger partial charge in [0, 0.05) is 6.07 Å². The molecule has 2 aromatic heterocycles. The summed E-state index contributed by atoms with van der Waals surface area (Å²) in [5.41, 5.74) is 1.66. The minimum atomic E-state index is -0.490. The molecular formula is C20H23N5O4S. The predicted octanol–water partition coefficient (Wildman–Crippen LogP) is 4.17. The lowest BCUT2D eigenvalue weighted by Crippen LogP contribution is -2.34. The van der Waals surface area contributed by atoms with Crippen molar-refractivity contribution in [1.82, 2.24) is 15.1 Å². The first-order valence-electron chi connectivity index (χ1n) is 9.52. The van der Waals surface area contributed by atoms with Gasteiger partial charge in [0.1, 0.15) is 5.69 Å². The molecule has 0 aliphatic rings. The average molecular weight is 430 g/mol. The van der Waals surface area contributed by atoms with Gasteiger partial charge in [0.2, 0.25) is 11.8 Å². The van der Waals surface area contributed by atoms with Gasteiger partial charge in [-0.05, 0) is 49.4 Å². The molecule has 10 heteroatoms. The lowest BCUT2D eigenvalue weighted by molar-refractivity contribution is -0.384. The fraction of sp³-hybridized carbons (Fsp3) is 0.350. The van der Waals surface area contributed by atoms with E-state index in [4.69, 9.17) is 4.42 Å². The largest absolute Gasteiger partial charge is 0.419 e. The van der Waals surface area contributed by atoms with Gasteiger partial charge in [0.25, 0.3) is 11.6 Å². The number of carbonyl (C=O) groups is 1. The summed E-state index contributed by atoms with van der Waals surface area (Å²) in [6.07, 6.45) is 0.822. The number of carbonyl (C=O) groups excluding carboxylic acids is 1. The predicted molar refractivity (Wildman–Crippen MR) is 114 cm³/mol. The van der Waals surface area contributed by atoms with Gasteiger partial charge in [-0.1, -0.05) is 19.1 Å². The molecule has 0 saturated heterocycles. The van der Waals surface area contributed by atoms with Crippen molar-refractivity contribution in [2.75, 3.05) is 18.4 Å². The Morgan fingerprint density at radius 3 is 2.77 bits per heavy atom. The highest BCUT2D eigenvalue weighted by Gasteiger charge is 2.21. The topological polar surface area (TPSA) is 114 Å². The van der Waals surface area contributed by atoms with E-state index in [1.165, 1.54) is 17.4 Å². The fourth-order valence-electron chi connectivity index (χ4n) is 3.03. The van der Waals surface area contributed by atoms with Crippen molar-refractivity contribution < 1.29 is 14.1 Å². The molecule has 30 heavy (non-hydrogen) atoms. The molecule has 3 aromatic rings. The maximum atomic E-state index is 12.7. The average Bonchev–Trinajstić information content (AvgIpc) is 3.37. The van der Waals surface area contributed by atoms with Gasteiger partial charge in [-0.3, -0.25) is 19.8 Å². The molecule has 9 nitrogen and oxygen atoms in total. The Kier molecular flexibility index (Phi) is 6.91. The minimum absolute atomic E-state index is 0.0507. The van der Waals surface area contributed by atoms with Gasteiger partial charge in [-0.15, -0.1) is 21.5 Å². The number of nitro benzene ring substituents is 1. The van der Waals surface area contributed by atoms with Crippen LogP contribution in [0.3, 0.4) is 0 Å². The fourth-order valence-corrected chi connectivity index (χ4v) is 3.68. The van der Waals surface area contributed by atoms with E-state index in [2.05, 4.69) is 15.5 Å². The quantitative estimate of drug-likeness (QED) is 0.401. The Morgan fingerprint density at radius 1 is 1.30 bits per heavy atom. The van der Waals surface area contributed by atoms with E-state index in [1.807, 2.05) is 36.3 Å². The number of benzene rings is 1. The van der Waals surface area contributed by atoms with Crippen molar-refractivity contribution in [2.24, 2.45) is 0 Å². The lowest BCUT2D eigenvalue weighted by atomic mass is 10.1. The van der Waals surface area contributed by atoms with Crippen molar-refractivity contribution in [3.05, 3.63) is 56.8 Å². The van der Waals surface area contributed by atoms with Gasteiger partial charge in [0.05, 0.1) is 22.9 Å². The smallest absolute Gasteiger partial charge is 0.293 e. The highest BCUT2D eigenvalue weighted by atomic mass is 32.1. The van der Waals surface area contributed by atoms with Crippen molar-refractivity contribution in [1.29, 1.82) is 0 Å². The summed E-state index contributed by atoms with van der Waals surface area (Å²) in [7, 11) is 0. The summed E-state index contributed by atoms with van der Waals surface area (Å²) in [5, 5.41) is 24.1. The Labute approximate surface area is 177 Å². The van der Waals surface area contributed by atoms with E-state index in [0.29, 0.717) is 30.4 Å². The molecule has 0 radical (unpaired) electrons. The number of anilines is 1. The number of nitrogens with zero attached hydrogens (tertiary/aromatic N) is 4. The maximum Gasteiger partial charge on any atom is 0.293 e. The van der Waals surface area contributed by atoms with E-state index in [9.17, 15) is 14.9 Å². The first kappa shape index (κ1) is 21.6. The third-order valence-corrected chi connectivity index (χ3v) is 5.50.